The van der Waals surface area contributed by atoms with Crippen molar-refractivity contribution in [3.63, 3.8) is 0 Å². The van der Waals surface area contributed by atoms with Gasteiger partial charge in [0.05, 0.1) is 25.4 Å². The predicted molar refractivity (Wildman–Crippen MR) is 134 cm³/mol. The van der Waals surface area contributed by atoms with E-state index in [-0.39, 0.29) is 30.1 Å². The van der Waals surface area contributed by atoms with E-state index in [2.05, 4.69) is 43.5 Å². The van der Waals surface area contributed by atoms with Crippen molar-refractivity contribution in [1.29, 1.82) is 0 Å². The number of azide groups is 1. The summed E-state index contributed by atoms with van der Waals surface area (Å²) in [5.74, 6) is 2.00. The fourth-order valence-corrected chi connectivity index (χ4v) is 6.48. The van der Waals surface area contributed by atoms with E-state index in [9.17, 15) is 4.57 Å². The zero-order chi connectivity index (χ0) is 24.6. The molecule has 0 radical (unpaired) electrons. The highest BCUT2D eigenvalue weighted by atomic mass is 31.2. The Kier molecular flexibility index (Phi) is 10.4. The Morgan fingerprint density at radius 3 is 2.24 bits per heavy atom. The molecular formula is C23H38N3O5PSi. The van der Waals surface area contributed by atoms with E-state index < -0.39 is 15.9 Å². The number of hydrogen-bond donors (Lipinski definition) is 0. The molecule has 0 spiro atoms. The molecule has 1 fully saturated rings. The van der Waals surface area contributed by atoms with Gasteiger partial charge in [-0.05, 0) is 68.9 Å². The minimum Gasteiger partial charge on any atom is -0.411 e. The first-order valence-corrected chi connectivity index (χ1v) is 16.6. The molecule has 8 nitrogen and oxygen atoms in total. The van der Waals surface area contributed by atoms with Gasteiger partial charge in [0.15, 0.2) is 8.32 Å². The van der Waals surface area contributed by atoms with Crippen LogP contribution in [0.15, 0.2) is 41.3 Å². The Morgan fingerprint density at radius 1 is 1.12 bits per heavy atom. The smallest absolute Gasteiger partial charge is 0.353 e. The molecule has 1 saturated heterocycles. The van der Waals surface area contributed by atoms with Crippen molar-refractivity contribution in [2.45, 2.75) is 72.1 Å². The Hall–Kier alpha value is -1.44. The van der Waals surface area contributed by atoms with Gasteiger partial charge in [0.2, 0.25) is 0 Å². The van der Waals surface area contributed by atoms with Crippen LogP contribution in [0.5, 0.6) is 0 Å². The van der Waals surface area contributed by atoms with E-state index in [4.69, 9.17) is 23.7 Å². The standard InChI is InChI=1S/C23H38N3O5PSi/c1-8-28-32(27,29-9-2)15-14-21-23(31-33(5,6)7)18(4)17(3)22(30-21)16-19-10-12-20(13-11-19)25-26-24/h10-15,17-18,21-23H,8-9,16H2,1-7H3/b15-14+/t17-,18+,21+,22+,23-/m0/s1. The maximum absolute atomic E-state index is 13.0. The zero-order valence-electron chi connectivity index (χ0n) is 20.8. The van der Waals surface area contributed by atoms with Crippen molar-refractivity contribution in [2.24, 2.45) is 17.0 Å². The normalized spacial score (nSPS) is 26.3. The summed E-state index contributed by atoms with van der Waals surface area (Å²) < 4.78 is 36.9. The minimum absolute atomic E-state index is 0.0555. The first-order valence-electron chi connectivity index (χ1n) is 11.6. The lowest BCUT2D eigenvalue weighted by atomic mass is 9.79. The molecule has 0 saturated carbocycles. The van der Waals surface area contributed by atoms with E-state index in [1.165, 1.54) is 5.82 Å². The maximum atomic E-state index is 13.0. The molecule has 0 N–H and O–H groups in total. The molecule has 1 aromatic rings. The van der Waals surface area contributed by atoms with Gasteiger partial charge in [0, 0.05) is 16.4 Å². The highest BCUT2D eigenvalue weighted by molar-refractivity contribution is 7.57. The van der Waals surface area contributed by atoms with Gasteiger partial charge in [-0.15, -0.1) is 0 Å². The summed E-state index contributed by atoms with van der Waals surface area (Å²) in [7, 11) is -5.20. The molecule has 2 rings (SSSR count). The van der Waals surface area contributed by atoms with Gasteiger partial charge < -0.3 is 18.2 Å². The van der Waals surface area contributed by atoms with E-state index in [0.717, 1.165) is 5.56 Å². The summed E-state index contributed by atoms with van der Waals surface area (Å²) in [6.07, 6.45) is 1.94. The van der Waals surface area contributed by atoms with Crippen LogP contribution in [-0.2, 0) is 29.2 Å². The molecule has 184 valence electrons. The molecule has 33 heavy (non-hydrogen) atoms. The van der Waals surface area contributed by atoms with Crippen molar-refractivity contribution in [2.75, 3.05) is 13.2 Å². The highest BCUT2D eigenvalue weighted by Gasteiger charge is 2.43. The molecule has 0 aromatic heterocycles. The van der Waals surface area contributed by atoms with Crippen LogP contribution in [0, 0.1) is 11.8 Å². The molecule has 0 bridgehead atoms. The van der Waals surface area contributed by atoms with Gasteiger partial charge in [-0.25, -0.2) is 0 Å². The van der Waals surface area contributed by atoms with Crippen LogP contribution in [0.2, 0.25) is 19.6 Å². The lowest BCUT2D eigenvalue weighted by Gasteiger charge is -2.46. The van der Waals surface area contributed by atoms with Crippen molar-refractivity contribution in [1.82, 2.24) is 0 Å². The third-order valence-electron chi connectivity index (χ3n) is 5.69. The van der Waals surface area contributed by atoms with E-state index >= 15 is 0 Å². The van der Waals surface area contributed by atoms with Crippen LogP contribution in [-0.4, -0.2) is 39.8 Å². The number of benzene rings is 1. The zero-order valence-corrected chi connectivity index (χ0v) is 22.7. The third kappa shape index (κ3) is 8.37. The molecule has 0 amide bonds. The SMILES string of the molecule is CCOP(=O)(/C=C/[C@H]1O[C@H](Cc2ccc(N=[N+]=[N-])cc2)[C@@H](C)[C@@H](C)[C@@H]1O[Si](C)(C)C)OCC. The van der Waals surface area contributed by atoms with Gasteiger partial charge in [-0.2, -0.15) is 0 Å². The summed E-state index contributed by atoms with van der Waals surface area (Å²) in [5.41, 5.74) is 10.3. The minimum atomic E-state index is -3.34. The van der Waals surface area contributed by atoms with E-state index in [0.29, 0.717) is 25.3 Å². The van der Waals surface area contributed by atoms with Gasteiger partial charge in [0.1, 0.15) is 6.10 Å². The van der Waals surface area contributed by atoms with E-state index in [1.54, 1.807) is 32.1 Å². The second-order valence-electron chi connectivity index (χ2n) is 9.33. The molecule has 0 unspecified atom stereocenters. The summed E-state index contributed by atoms with van der Waals surface area (Å²) in [6, 6.07) is 7.53. The van der Waals surface area contributed by atoms with Crippen molar-refractivity contribution < 1.29 is 22.8 Å². The van der Waals surface area contributed by atoms with Crippen LogP contribution >= 0.6 is 7.60 Å². The van der Waals surface area contributed by atoms with Gasteiger partial charge in [-0.1, -0.05) is 43.2 Å². The lowest BCUT2D eigenvalue weighted by molar-refractivity contribution is -0.142. The van der Waals surface area contributed by atoms with Crippen LogP contribution in [0.4, 0.5) is 5.69 Å². The lowest BCUT2D eigenvalue weighted by Crippen LogP contribution is -2.53. The Labute approximate surface area is 198 Å². The average Bonchev–Trinajstić information content (AvgIpc) is 2.73. The molecule has 1 heterocycles. The molecule has 1 aromatic carbocycles. The van der Waals surface area contributed by atoms with Gasteiger partial charge >= 0.3 is 7.60 Å². The monoisotopic (exact) mass is 495 g/mol. The Morgan fingerprint density at radius 2 is 1.73 bits per heavy atom. The number of nitrogens with zero attached hydrogens (tertiary/aromatic N) is 3. The molecule has 10 heteroatoms. The van der Waals surface area contributed by atoms with Crippen molar-refractivity contribution in [3.05, 3.63) is 52.2 Å². The van der Waals surface area contributed by atoms with Crippen LogP contribution < -0.4 is 0 Å². The van der Waals surface area contributed by atoms with Crippen LogP contribution in [0.25, 0.3) is 10.4 Å². The Balaban J connectivity index is 2.30. The van der Waals surface area contributed by atoms with Crippen LogP contribution in [0.1, 0.15) is 33.3 Å². The first-order chi connectivity index (χ1) is 15.5. The summed E-state index contributed by atoms with van der Waals surface area (Å²) in [4.78, 5) is 2.83. The van der Waals surface area contributed by atoms with Gasteiger partial charge in [-0.3, -0.25) is 4.57 Å². The number of rotatable bonds is 11. The molecule has 0 aliphatic carbocycles. The molecule has 5 atom stereocenters. The van der Waals surface area contributed by atoms with Crippen LogP contribution in [0.3, 0.4) is 0 Å². The molecular weight excluding hydrogens is 457 g/mol. The fourth-order valence-electron chi connectivity index (χ4n) is 3.97. The average molecular weight is 496 g/mol. The molecule has 1 aliphatic heterocycles. The second-order valence-corrected chi connectivity index (χ2v) is 15.7. The summed E-state index contributed by atoms with van der Waals surface area (Å²) in [5, 5.41) is 3.63. The third-order valence-corrected chi connectivity index (χ3v) is 8.44. The quantitative estimate of drug-likeness (QED) is 0.106. The summed E-state index contributed by atoms with van der Waals surface area (Å²) >= 11 is 0. The van der Waals surface area contributed by atoms with E-state index in [1.807, 2.05) is 12.1 Å². The van der Waals surface area contributed by atoms with Crippen molar-refractivity contribution >= 4 is 21.6 Å². The Bertz CT molecular complexity index is 873. The highest BCUT2D eigenvalue weighted by Crippen LogP contribution is 2.50. The largest absolute Gasteiger partial charge is 0.411 e. The molecule has 1 aliphatic rings. The van der Waals surface area contributed by atoms with Gasteiger partial charge in [0.25, 0.3) is 0 Å². The number of hydrogen-bond acceptors (Lipinski definition) is 6. The first kappa shape index (κ1) is 27.8. The summed E-state index contributed by atoms with van der Waals surface area (Å²) in [6.45, 7) is 15.0. The van der Waals surface area contributed by atoms with Crippen molar-refractivity contribution in [3.8, 4) is 0 Å². The fraction of sp³-hybridized carbons (Fsp3) is 0.652. The second kappa shape index (κ2) is 12.3. The number of ether oxygens (including phenoxy) is 1. The predicted octanol–water partition coefficient (Wildman–Crippen LogP) is 7.21. The maximum Gasteiger partial charge on any atom is 0.353 e. The topological polar surface area (TPSA) is 103 Å².